The van der Waals surface area contributed by atoms with E-state index < -0.39 is 0 Å². The van der Waals surface area contributed by atoms with Crippen molar-refractivity contribution in [2.24, 2.45) is 5.92 Å². The number of methoxy groups -OCH3 is 1. The Morgan fingerprint density at radius 2 is 2.38 bits per heavy atom. The van der Waals surface area contributed by atoms with E-state index in [4.69, 9.17) is 4.74 Å². The van der Waals surface area contributed by atoms with Gasteiger partial charge in [0, 0.05) is 31.7 Å². The lowest BCUT2D eigenvalue weighted by atomic mass is 10.1. The summed E-state index contributed by atoms with van der Waals surface area (Å²) in [4.78, 5) is 13.3. The van der Waals surface area contributed by atoms with Crippen molar-refractivity contribution in [1.82, 2.24) is 4.90 Å². The topological polar surface area (TPSA) is 29.5 Å². The molecule has 0 aromatic heterocycles. The summed E-state index contributed by atoms with van der Waals surface area (Å²) < 4.78 is 4.96. The van der Waals surface area contributed by atoms with Crippen molar-refractivity contribution in [3.05, 3.63) is 11.8 Å². The number of rotatable bonds is 3. The number of likely N-dealkylation sites (tertiary alicyclic amines) is 1. The zero-order valence-corrected chi connectivity index (χ0v) is 8.54. The van der Waals surface area contributed by atoms with E-state index in [0.717, 1.165) is 5.70 Å². The molecule has 1 saturated heterocycles. The van der Waals surface area contributed by atoms with Gasteiger partial charge in [-0.05, 0) is 6.92 Å². The van der Waals surface area contributed by atoms with Crippen LogP contribution in [0.4, 0.5) is 0 Å². The zero-order valence-electron chi connectivity index (χ0n) is 8.54. The number of ether oxygens (including phenoxy) is 1. The lowest BCUT2D eigenvalue weighted by Gasteiger charge is -2.18. The third-order valence-corrected chi connectivity index (χ3v) is 2.41. The van der Waals surface area contributed by atoms with Gasteiger partial charge in [0.05, 0.1) is 6.61 Å². The highest BCUT2D eigenvalue weighted by molar-refractivity contribution is 5.81. The van der Waals surface area contributed by atoms with Crippen molar-refractivity contribution in [3.8, 4) is 0 Å². The van der Waals surface area contributed by atoms with Crippen LogP contribution in [0.15, 0.2) is 11.8 Å². The lowest BCUT2D eigenvalue weighted by molar-refractivity contribution is -0.127. The molecule has 0 bridgehead atoms. The molecule has 1 atom stereocenters. The first kappa shape index (κ1) is 10.3. The van der Waals surface area contributed by atoms with E-state index in [1.54, 1.807) is 7.11 Å². The van der Waals surface area contributed by atoms with Gasteiger partial charge in [0.2, 0.25) is 5.91 Å². The maximum absolute atomic E-state index is 11.5. The van der Waals surface area contributed by atoms with Gasteiger partial charge in [0.1, 0.15) is 0 Å². The number of nitrogens with zero attached hydrogens (tertiary/aromatic N) is 1. The molecule has 3 nitrogen and oxygen atoms in total. The Kier molecular flexibility index (Phi) is 3.48. The van der Waals surface area contributed by atoms with Crippen molar-refractivity contribution in [2.45, 2.75) is 20.3 Å². The van der Waals surface area contributed by atoms with E-state index in [-0.39, 0.29) is 5.91 Å². The van der Waals surface area contributed by atoms with Crippen LogP contribution in [0.3, 0.4) is 0 Å². The van der Waals surface area contributed by atoms with Crippen LogP contribution in [0, 0.1) is 5.92 Å². The second-order valence-electron chi connectivity index (χ2n) is 3.36. The molecule has 0 aromatic carbocycles. The Labute approximate surface area is 79.4 Å². The Hall–Kier alpha value is -0.830. The van der Waals surface area contributed by atoms with Crippen LogP contribution in [-0.4, -0.2) is 31.1 Å². The van der Waals surface area contributed by atoms with Gasteiger partial charge >= 0.3 is 0 Å². The monoisotopic (exact) mass is 183 g/mol. The summed E-state index contributed by atoms with van der Waals surface area (Å²) in [6, 6.07) is 0. The van der Waals surface area contributed by atoms with Gasteiger partial charge in [-0.2, -0.15) is 0 Å². The second kappa shape index (κ2) is 4.42. The van der Waals surface area contributed by atoms with Gasteiger partial charge in [-0.15, -0.1) is 0 Å². The molecule has 1 aliphatic rings. The predicted molar refractivity (Wildman–Crippen MR) is 51.1 cm³/mol. The van der Waals surface area contributed by atoms with Crippen LogP contribution in [0.2, 0.25) is 0 Å². The van der Waals surface area contributed by atoms with Crippen LogP contribution in [-0.2, 0) is 9.53 Å². The maximum Gasteiger partial charge on any atom is 0.227 e. The summed E-state index contributed by atoms with van der Waals surface area (Å²) >= 11 is 0. The smallest absolute Gasteiger partial charge is 0.227 e. The minimum atomic E-state index is 0.220. The van der Waals surface area contributed by atoms with E-state index >= 15 is 0 Å². The van der Waals surface area contributed by atoms with E-state index in [1.807, 2.05) is 17.9 Å². The Morgan fingerprint density at radius 1 is 1.69 bits per heavy atom. The quantitative estimate of drug-likeness (QED) is 0.662. The van der Waals surface area contributed by atoms with Gasteiger partial charge < -0.3 is 9.64 Å². The number of carbonyl (C=O) groups excluding carboxylic acids is 1. The van der Waals surface area contributed by atoms with Crippen molar-refractivity contribution < 1.29 is 9.53 Å². The Bertz CT molecular complexity index is 223. The summed E-state index contributed by atoms with van der Waals surface area (Å²) in [5.74, 6) is 0.590. The van der Waals surface area contributed by atoms with Gasteiger partial charge in [-0.25, -0.2) is 0 Å². The molecule has 3 heteroatoms. The molecule has 0 radical (unpaired) electrons. The summed E-state index contributed by atoms with van der Waals surface area (Å²) in [5.41, 5.74) is 1.14. The van der Waals surface area contributed by atoms with E-state index in [2.05, 4.69) is 6.92 Å². The highest BCUT2D eigenvalue weighted by Crippen LogP contribution is 2.27. The Morgan fingerprint density at radius 3 is 2.92 bits per heavy atom. The summed E-state index contributed by atoms with van der Waals surface area (Å²) in [6.07, 6.45) is 2.66. The fourth-order valence-corrected chi connectivity index (χ4v) is 1.76. The number of hydrogen-bond acceptors (Lipinski definition) is 2. The largest absolute Gasteiger partial charge is 0.383 e. The van der Waals surface area contributed by atoms with Crippen molar-refractivity contribution >= 4 is 5.91 Å². The highest BCUT2D eigenvalue weighted by atomic mass is 16.5. The first-order valence-electron chi connectivity index (χ1n) is 4.66. The molecule has 0 N–H and O–H groups in total. The first-order chi connectivity index (χ1) is 6.20. The number of amides is 1. The van der Waals surface area contributed by atoms with Crippen LogP contribution in [0.1, 0.15) is 20.3 Å². The summed E-state index contributed by atoms with van der Waals surface area (Å²) in [6.45, 7) is 5.35. The standard InChI is InChI=1S/C10H17NO2/c1-4-9-8(2)7-10(12)11(9)5-6-13-3/h4,8H,5-7H2,1-3H3. The SMILES string of the molecule is CC=C1C(C)CC(=O)N1CCOC. The first-order valence-corrected chi connectivity index (χ1v) is 4.66. The molecule has 1 rings (SSSR count). The van der Waals surface area contributed by atoms with Crippen molar-refractivity contribution in [2.75, 3.05) is 20.3 Å². The number of carbonyl (C=O) groups is 1. The molecule has 74 valence electrons. The molecular formula is C10H17NO2. The van der Waals surface area contributed by atoms with Gasteiger partial charge in [0.15, 0.2) is 0 Å². The minimum absolute atomic E-state index is 0.220. The van der Waals surface area contributed by atoms with E-state index in [9.17, 15) is 4.79 Å². The Balaban J connectivity index is 2.64. The zero-order chi connectivity index (χ0) is 9.84. The third-order valence-electron chi connectivity index (χ3n) is 2.41. The molecular weight excluding hydrogens is 166 g/mol. The van der Waals surface area contributed by atoms with Crippen LogP contribution < -0.4 is 0 Å². The number of hydrogen-bond donors (Lipinski definition) is 0. The number of allylic oxidation sites excluding steroid dienone is 2. The second-order valence-corrected chi connectivity index (χ2v) is 3.36. The molecule has 1 aliphatic heterocycles. The van der Waals surface area contributed by atoms with Gasteiger partial charge in [-0.1, -0.05) is 13.0 Å². The van der Waals surface area contributed by atoms with E-state index in [0.29, 0.717) is 25.5 Å². The maximum atomic E-state index is 11.5. The highest BCUT2D eigenvalue weighted by Gasteiger charge is 2.30. The average Bonchev–Trinajstić information content (AvgIpc) is 2.37. The average molecular weight is 183 g/mol. The summed E-state index contributed by atoms with van der Waals surface area (Å²) in [7, 11) is 1.65. The molecule has 0 saturated carbocycles. The van der Waals surface area contributed by atoms with E-state index in [1.165, 1.54) is 0 Å². The molecule has 0 aliphatic carbocycles. The molecule has 0 aromatic rings. The normalized spacial score (nSPS) is 26.1. The van der Waals surface area contributed by atoms with Gasteiger partial charge in [-0.3, -0.25) is 4.79 Å². The van der Waals surface area contributed by atoms with Crippen LogP contribution >= 0.6 is 0 Å². The minimum Gasteiger partial charge on any atom is -0.383 e. The molecule has 1 amide bonds. The summed E-state index contributed by atoms with van der Waals surface area (Å²) in [5, 5.41) is 0. The fourth-order valence-electron chi connectivity index (χ4n) is 1.76. The van der Waals surface area contributed by atoms with Crippen molar-refractivity contribution in [1.29, 1.82) is 0 Å². The molecule has 1 fully saturated rings. The van der Waals surface area contributed by atoms with Crippen molar-refractivity contribution in [3.63, 3.8) is 0 Å². The molecule has 0 spiro atoms. The molecule has 1 heterocycles. The van der Waals surface area contributed by atoms with Gasteiger partial charge in [0.25, 0.3) is 0 Å². The molecule has 13 heavy (non-hydrogen) atoms. The lowest BCUT2D eigenvalue weighted by Crippen LogP contribution is -2.27. The van der Waals surface area contributed by atoms with Crippen LogP contribution in [0.25, 0.3) is 0 Å². The fraction of sp³-hybridized carbons (Fsp3) is 0.700. The molecule has 1 unspecified atom stereocenters. The predicted octanol–water partition coefficient (Wildman–Crippen LogP) is 1.41. The van der Waals surface area contributed by atoms with Crippen LogP contribution in [0.5, 0.6) is 0 Å². The third kappa shape index (κ3) is 2.10.